The summed E-state index contributed by atoms with van der Waals surface area (Å²) in [6.07, 6.45) is 0.429. The molecule has 1 aromatic carbocycles. The highest BCUT2D eigenvalue weighted by atomic mass is 16.5. The molecule has 0 fully saturated rings. The molecule has 0 aliphatic carbocycles. The molecule has 1 unspecified atom stereocenters. The third-order valence-electron chi connectivity index (χ3n) is 2.52. The van der Waals surface area contributed by atoms with E-state index in [0.717, 1.165) is 5.56 Å². The summed E-state index contributed by atoms with van der Waals surface area (Å²) in [6, 6.07) is 5.12. The molecule has 5 nitrogen and oxygen atoms in total. The molecule has 2 aromatic rings. The van der Waals surface area contributed by atoms with Crippen molar-refractivity contribution in [3.8, 4) is 0 Å². The molecule has 0 saturated heterocycles. The van der Waals surface area contributed by atoms with Gasteiger partial charge in [0.2, 0.25) is 0 Å². The summed E-state index contributed by atoms with van der Waals surface area (Å²) < 4.78 is 4.63. The van der Waals surface area contributed by atoms with Crippen molar-refractivity contribution in [1.29, 1.82) is 0 Å². The molecule has 0 aliphatic heterocycles. The predicted molar refractivity (Wildman–Crippen MR) is 57.3 cm³/mol. The Hall–Kier alpha value is -2.04. The SMILES string of the molecule is CC(Cc1ccc2c(=O)o[nH]c2c1)C(=O)O. The van der Waals surface area contributed by atoms with Crippen molar-refractivity contribution >= 4 is 16.9 Å². The van der Waals surface area contributed by atoms with Gasteiger partial charge in [0.25, 0.3) is 0 Å². The van der Waals surface area contributed by atoms with Crippen LogP contribution >= 0.6 is 0 Å². The number of rotatable bonds is 3. The number of aromatic amines is 1. The molecule has 0 amide bonds. The molecular formula is C11H11NO4. The summed E-state index contributed by atoms with van der Waals surface area (Å²) in [5.74, 6) is -1.28. The highest BCUT2D eigenvalue weighted by Gasteiger charge is 2.12. The van der Waals surface area contributed by atoms with Crippen molar-refractivity contribution in [2.45, 2.75) is 13.3 Å². The van der Waals surface area contributed by atoms with Crippen molar-refractivity contribution in [3.63, 3.8) is 0 Å². The molecule has 2 rings (SSSR count). The lowest BCUT2D eigenvalue weighted by Gasteiger charge is -2.05. The van der Waals surface area contributed by atoms with Gasteiger partial charge in [0.15, 0.2) is 0 Å². The van der Waals surface area contributed by atoms with Crippen LogP contribution in [-0.4, -0.2) is 16.2 Å². The van der Waals surface area contributed by atoms with E-state index < -0.39 is 17.5 Å². The fraction of sp³-hybridized carbons (Fsp3) is 0.273. The second-order valence-corrected chi connectivity index (χ2v) is 3.81. The van der Waals surface area contributed by atoms with Crippen molar-refractivity contribution in [2.75, 3.05) is 0 Å². The second kappa shape index (κ2) is 3.84. The summed E-state index contributed by atoms with van der Waals surface area (Å²) in [5.41, 5.74) is 1.05. The van der Waals surface area contributed by atoms with Crippen LogP contribution in [0.4, 0.5) is 0 Å². The van der Waals surface area contributed by atoms with Gasteiger partial charge in [-0.2, -0.15) is 0 Å². The first kappa shape index (κ1) is 10.5. The Balaban J connectivity index is 2.33. The van der Waals surface area contributed by atoms with Gasteiger partial charge in [-0.05, 0) is 24.1 Å². The lowest BCUT2D eigenvalue weighted by atomic mass is 10.0. The molecule has 0 spiro atoms. The summed E-state index contributed by atoms with van der Waals surface area (Å²) in [7, 11) is 0. The molecule has 1 atom stereocenters. The van der Waals surface area contributed by atoms with E-state index >= 15 is 0 Å². The van der Waals surface area contributed by atoms with Gasteiger partial charge in [-0.1, -0.05) is 13.0 Å². The summed E-state index contributed by atoms with van der Waals surface area (Å²) in [5, 5.41) is 11.8. The largest absolute Gasteiger partial charge is 0.481 e. The summed E-state index contributed by atoms with van der Waals surface area (Å²) in [6.45, 7) is 1.64. The van der Waals surface area contributed by atoms with E-state index in [-0.39, 0.29) is 0 Å². The number of aromatic nitrogens is 1. The highest BCUT2D eigenvalue weighted by Crippen LogP contribution is 2.14. The molecule has 5 heteroatoms. The zero-order valence-corrected chi connectivity index (χ0v) is 8.69. The summed E-state index contributed by atoms with van der Waals surface area (Å²) >= 11 is 0. The third kappa shape index (κ3) is 1.84. The Kier molecular flexibility index (Phi) is 2.52. The first-order chi connectivity index (χ1) is 7.58. The normalized spacial score (nSPS) is 12.8. The van der Waals surface area contributed by atoms with Crippen LogP contribution in [-0.2, 0) is 11.2 Å². The molecule has 0 aliphatic rings. The minimum Gasteiger partial charge on any atom is -0.481 e. The van der Waals surface area contributed by atoms with Crippen LogP contribution < -0.4 is 5.63 Å². The maximum atomic E-state index is 11.1. The van der Waals surface area contributed by atoms with Crippen molar-refractivity contribution < 1.29 is 14.4 Å². The Morgan fingerprint density at radius 1 is 1.56 bits per heavy atom. The van der Waals surface area contributed by atoms with E-state index in [1.54, 1.807) is 25.1 Å². The van der Waals surface area contributed by atoms with Crippen LogP contribution in [0.25, 0.3) is 10.9 Å². The van der Waals surface area contributed by atoms with Crippen LogP contribution in [0.5, 0.6) is 0 Å². The van der Waals surface area contributed by atoms with E-state index in [9.17, 15) is 9.59 Å². The fourth-order valence-electron chi connectivity index (χ4n) is 1.58. The van der Waals surface area contributed by atoms with Crippen LogP contribution in [0.15, 0.2) is 27.5 Å². The van der Waals surface area contributed by atoms with Gasteiger partial charge in [0, 0.05) is 0 Å². The highest BCUT2D eigenvalue weighted by molar-refractivity contribution is 5.78. The Labute approximate surface area is 90.7 Å². The van der Waals surface area contributed by atoms with E-state index in [4.69, 9.17) is 5.11 Å². The second-order valence-electron chi connectivity index (χ2n) is 3.81. The zero-order chi connectivity index (χ0) is 11.7. The number of hydrogen-bond donors (Lipinski definition) is 2. The number of hydrogen-bond acceptors (Lipinski definition) is 3. The molecule has 0 radical (unpaired) electrons. The lowest BCUT2D eigenvalue weighted by Crippen LogP contribution is -2.12. The van der Waals surface area contributed by atoms with Crippen molar-refractivity contribution in [3.05, 3.63) is 34.2 Å². The number of nitrogens with one attached hydrogen (secondary N) is 1. The summed E-state index contributed by atoms with van der Waals surface area (Å²) in [4.78, 5) is 21.8. The Morgan fingerprint density at radius 3 is 3.00 bits per heavy atom. The lowest BCUT2D eigenvalue weighted by molar-refractivity contribution is -0.141. The van der Waals surface area contributed by atoms with Gasteiger partial charge < -0.3 is 9.63 Å². The van der Waals surface area contributed by atoms with Gasteiger partial charge >= 0.3 is 11.6 Å². The number of aliphatic carboxylic acids is 1. The minimum atomic E-state index is -0.833. The molecule has 0 bridgehead atoms. The molecule has 16 heavy (non-hydrogen) atoms. The van der Waals surface area contributed by atoms with E-state index in [1.165, 1.54) is 0 Å². The number of carbonyl (C=O) groups is 1. The third-order valence-corrected chi connectivity index (χ3v) is 2.52. The molecular weight excluding hydrogens is 210 g/mol. The molecule has 2 N–H and O–H groups in total. The molecule has 0 saturated carbocycles. The van der Waals surface area contributed by atoms with Crippen LogP contribution in [0, 0.1) is 5.92 Å². The van der Waals surface area contributed by atoms with Gasteiger partial charge in [-0.25, -0.2) is 9.95 Å². The van der Waals surface area contributed by atoms with Crippen LogP contribution in [0.2, 0.25) is 0 Å². The number of H-pyrrole nitrogens is 1. The van der Waals surface area contributed by atoms with Crippen LogP contribution in [0.3, 0.4) is 0 Å². The quantitative estimate of drug-likeness (QED) is 0.820. The topological polar surface area (TPSA) is 83.3 Å². The molecule has 84 valence electrons. The Bertz CT molecular complexity index is 581. The van der Waals surface area contributed by atoms with Crippen LogP contribution in [0.1, 0.15) is 12.5 Å². The fourth-order valence-corrected chi connectivity index (χ4v) is 1.58. The van der Waals surface area contributed by atoms with Gasteiger partial charge in [-0.15, -0.1) is 0 Å². The Morgan fingerprint density at radius 2 is 2.31 bits per heavy atom. The van der Waals surface area contributed by atoms with Gasteiger partial charge in [0.05, 0.1) is 16.8 Å². The molecule has 1 heterocycles. The number of carboxylic acid groups (broad SMARTS) is 1. The van der Waals surface area contributed by atoms with Crippen molar-refractivity contribution in [2.24, 2.45) is 5.92 Å². The first-order valence-corrected chi connectivity index (χ1v) is 4.91. The van der Waals surface area contributed by atoms with E-state index in [2.05, 4.69) is 9.68 Å². The predicted octanol–water partition coefficient (Wildman–Crippen LogP) is 1.38. The van der Waals surface area contributed by atoms with E-state index in [1.807, 2.05) is 0 Å². The molecule has 1 aromatic heterocycles. The maximum absolute atomic E-state index is 11.1. The maximum Gasteiger partial charge on any atom is 0.365 e. The average molecular weight is 221 g/mol. The van der Waals surface area contributed by atoms with Gasteiger partial charge in [0.1, 0.15) is 0 Å². The number of benzene rings is 1. The van der Waals surface area contributed by atoms with Crippen molar-refractivity contribution in [1.82, 2.24) is 5.16 Å². The smallest absolute Gasteiger partial charge is 0.365 e. The minimum absolute atomic E-state index is 0.409. The monoisotopic (exact) mass is 221 g/mol. The standard InChI is InChI=1S/C11H11NO4/c1-6(10(13)14)4-7-2-3-8-9(5-7)12-16-11(8)15/h2-3,5-6,12H,4H2,1H3,(H,13,14). The first-order valence-electron chi connectivity index (χ1n) is 4.91. The average Bonchev–Trinajstić information content (AvgIpc) is 2.60. The zero-order valence-electron chi connectivity index (χ0n) is 8.69. The van der Waals surface area contributed by atoms with Gasteiger partial charge in [-0.3, -0.25) is 4.79 Å². The van der Waals surface area contributed by atoms with E-state index in [0.29, 0.717) is 17.3 Å². The number of fused-ring (bicyclic) bond motifs is 1. The number of carboxylic acids is 1.